The minimum atomic E-state index is -3.74. The molecule has 2 aliphatic rings. The number of carbonyl (C=O) groups is 1. The van der Waals surface area contributed by atoms with E-state index >= 15 is 0 Å². The molecule has 166 valence electrons. The zero-order valence-electron chi connectivity index (χ0n) is 18.0. The minimum Gasteiger partial charge on any atom is -0.358 e. The van der Waals surface area contributed by atoms with Crippen LogP contribution in [0.5, 0.6) is 0 Å². The highest BCUT2D eigenvalue weighted by molar-refractivity contribution is 7.89. The van der Waals surface area contributed by atoms with Crippen LogP contribution in [-0.4, -0.2) is 55.5 Å². The van der Waals surface area contributed by atoms with Crippen LogP contribution in [0.4, 0.5) is 0 Å². The molecular weight excluding hydrogens is 436 g/mol. The summed E-state index contributed by atoms with van der Waals surface area (Å²) < 4.78 is 34.9. The van der Waals surface area contributed by atoms with Crippen LogP contribution in [0.1, 0.15) is 39.9 Å². The molecule has 0 N–H and O–H groups in total. The fourth-order valence-electron chi connectivity index (χ4n) is 4.88. The summed E-state index contributed by atoms with van der Waals surface area (Å²) >= 11 is 6.19. The van der Waals surface area contributed by atoms with E-state index in [1.807, 2.05) is 32.9 Å². The number of likely N-dealkylation sites (tertiary alicyclic amines) is 1. The van der Waals surface area contributed by atoms with E-state index in [4.69, 9.17) is 16.3 Å². The predicted octanol–water partition coefficient (Wildman–Crippen LogP) is 3.92. The number of nitrogens with zero attached hydrogens (tertiary/aromatic N) is 2. The van der Waals surface area contributed by atoms with Crippen LogP contribution in [0, 0.1) is 20.8 Å². The Bertz CT molecular complexity index is 1100. The van der Waals surface area contributed by atoms with Gasteiger partial charge < -0.3 is 9.64 Å². The highest BCUT2D eigenvalue weighted by Gasteiger charge is 2.51. The summed E-state index contributed by atoms with van der Waals surface area (Å²) in [5, 5.41) is 0.416. The largest absolute Gasteiger partial charge is 0.358 e. The van der Waals surface area contributed by atoms with Crippen molar-refractivity contribution in [2.24, 2.45) is 0 Å². The number of hydrogen-bond acceptors (Lipinski definition) is 4. The number of aryl methyl sites for hydroxylation is 3. The van der Waals surface area contributed by atoms with Crippen LogP contribution in [0.25, 0.3) is 0 Å². The number of benzene rings is 2. The maximum absolute atomic E-state index is 13.7. The second-order valence-electron chi connectivity index (χ2n) is 8.37. The van der Waals surface area contributed by atoms with Crippen LogP contribution in [0.15, 0.2) is 41.3 Å². The van der Waals surface area contributed by atoms with Crippen LogP contribution >= 0.6 is 11.6 Å². The average Bonchev–Trinajstić information content (AvgIpc) is 3.11. The molecule has 0 aliphatic carbocycles. The van der Waals surface area contributed by atoms with Gasteiger partial charge in [0.1, 0.15) is 5.72 Å². The van der Waals surface area contributed by atoms with Gasteiger partial charge in [0.15, 0.2) is 0 Å². The zero-order chi connectivity index (χ0) is 22.4. The molecule has 1 amide bonds. The third kappa shape index (κ3) is 3.89. The van der Waals surface area contributed by atoms with Crippen molar-refractivity contribution in [3.63, 3.8) is 0 Å². The van der Waals surface area contributed by atoms with Crippen molar-refractivity contribution in [3.05, 3.63) is 63.7 Å². The molecule has 6 nitrogen and oxygen atoms in total. The summed E-state index contributed by atoms with van der Waals surface area (Å²) in [5.74, 6) is -0.141. The lowest BCUT2D eigenvalue weighted by atomic mass is 10.00. The number of halogens is 1. The van der Waals surface area contributed by atoms with Crippen LogP contribution in [0.2, 0.25) is 5.02 Å². The van der Waals surface area contributed by atoms with Crippen LogP contribution in [0.3, 0.4) is 0 Å². The van der Waals surface area contributed by atoms with Gasteiger partial charge in [0.25, 0.3) is 5.91 Å². The van der Waals surface area contributed by atoms with E-state index in [1.165, 1.54) is 4.31 Å². The minimum absolute atomic E-state index is 0.141. The summed E-state index contributed by atoms with van der Waals surface area (Å²) in [4.78, 5) is 15.0. The van der Waals surface area contributed by atoms with E-state index in [0.29, 0.717) is 54.6 Å². The summed E-state index contributed by atoms with van der Waals surface area (Å²) in [6.45, 7) is 7.10. The molecule has 31 heavy (non-hydrogen) atoms. The first-order valence-corrected chi connectivity index (χ1v) is 12.3. The number of carbonyl (C=O) groups excluding carboxylic acids is 1. The molecule has 0 radical (unpaired) electrons. The first-order valence-electron chi connectivity index (χ1n) is 10.4. The molecule has 2 aromatic rings. The molecule has 0 atom stereocenters. The predicted molar refractivity (Wildman–Crippen MR) is 120 cm³/mol. The van der Waals surface area contributed by atoms with E-state index in [9.17, 15) is 13.2 Å². The quantitative estimate of drug-likeness (QED) is 0.693. The lowest BCUT2D eigenvalue weighted by molar-refractivity contribution is -0.0857. The molecule has 0 unspecified atom stereocenters. The maximum atomic E-state index is 13.7. The number of hydrogen-bond donors (Lipinski definition) is 0. The van der Waals surface area contributed by atoms with Gasteiger partial charge in [0.05, 0.1) is 22.1 Å². The van der Waals surface area contributed by atoms with Gasteiger partial charge in [-0.25, -0.2) is 8.42 Å². The Hall–Kier alpha value is -1.93. The fourth-order valence-corrected chi connectivity index (χ4v) is 7.23. The van der Waals surface area contributed by atoms with E-state index in [0.717, 1.165) is 16.7 Å². The Balaban J connectivity index is 1.58. The van der Waals surface area contributed by atoms with E-state index in [1.54, 1.807) is 29.2 Å². The van der Waals surface area contributed by atoms with Crippen LogP contribution in [-0.2, 0) is 14.8 Å². The number of sulfonamides is 1. The molecule has 2 aliphatic heterocycles. The standard InChI is InChI=1S/C23H27ClN2O4S/c1-16-14-17(2)21(18(3)15-16)31(28,29)26-12-13-30-23(26)8-10-25(11-9-23)22(27)19-6-4-5-7-20(19)24/h4-7,14-15H,8-13H2,1-3H3. The van der Waals surface area contributed by atoms with Gasteiger partial charge in [-0.15, -0.1) is 0 Å². The summed E-state index contributed by atoms with van der Waals surface area (Å²) in [5.41, 5.74) is 2.06. The van der Waals surface area contributed by atoms with Crippen molar-refractivity contribution in [1.82, 2.24) is 9.21 Å². The molecular formula is C23H27ClN2O4S. The van der Waals surface area contributed by atoms with Crippen molar-refractivity contribution in [2.75, 3.05) is 26.2 Å². The second-order valence-corrected chi connectivity index (χ2v) is 10.6. The highest BCUT2D eigenvalue weighted by atomic mass is 35.5. The van der Waals surface area contributed by atoms with Gasteiger partial charge in [0.2, 0.25) is 10.0 Å². The number of ether oxygens (including phenoxy) is 1. The maximum Gasteiger partial charge on any atom is 0.255 e. The van der Waals surface area contributed by atoms with E-state index in [2.05, 4.69) is 0 Å². The van der Waals surface area contributed by atoms with Gasteiger partial charge in [-0.2, -0.15) is 4.31 Å². The molecule has 2 fully saturated rings. The number of rotatable bonds is 3. The van der Waals surface area contributed by atoms with Gasteiger partial charge in [-0.3, -0.25) is 4.79 Å². The number of amides is 1. The Morgan fingerprint density at radius 1 is 1.03 bits per heavy atom. The van der Waals surface area contributed by atoms with E-state index < -0.39 is 15.7 Å². The zero-order valence-corrected chi connectivity index (χ0v) is 19.6. The third-order valence-corrected chi connectivity index (χ3v) is 8.79. The van der Waals surface area contributed by atoms with Crippen molar-refractivity contribution in [1.29, 1.82) is 0 Å². The van der Waals surface area contributed by atoms with Crippen molar-refractivity contribution >= 4 is 27.5 Å². The van der Waals surface area contributed by atoms with Gasteiger partial charge in [0, 0.05) is 32.5 Å². The topological polar surface area (TPSA) is 66.9 Å². The van der Waals surface area contributed by atoms with Gasteiger partial charge in [-0.05, 0) is 44.0 Å². The van der Waals surface area contributed by atoms with Crippen LogP contribution < -0.4 is 0 Å². The summed E-state index contributed by atoms with van der Waals surface area (Å²) in [7, 11) is -3.74. The Morgan fingerprint density at radius 2 is 1.65 bits per heavy atom. The summed E-state index contributed by atoms with van der Waals surface area (Å²) in [6, 6.07) is 10.8. The normalized spacial score (nSPS) is 19.2. The molecule has 1 spiro atoms. The Labute approximate surface area is 188 Å². The average molecular weight is 463 g/mol. The van der Waals surface area contributed by atoms with E-state index in [-0.39, 0.29) is 5.91 Å². The molecule has 0 aromatic heterocycles. The first-order chi connectivity index (χ1) is 14.7. The van der Waals surface area contributed by atoms with Gasteiger partial charge >= 0.3 is 0 Å². The monoisotopic (exact) mass is 462 g/mol. The molecule has 4 rings (SSSR count). The van der Waals surface area contributed by atoms with Crippen molar-refractivity contribution in [3.8, 4) is 0 Å². The first kappa shape index (κ1) is 22.3. The smallest absolute Gasteiger partial charge is 0.255 e. The van der Waals surface area contributed by atoms with Gasteiger partial charge in [-0.1, -0.05) is 41.4 Å². The molecule has 8 heteroatoms. The lowest BCUT2D eigenvalue weighted by Gasteiger charge is -2.43. The lowest BCUT2D eigenvalue weighted by Crippen LogP contribution is -2.55. The van der Waals surface area contributed by atoms with Crippen molar-refractivity contribution in [2.45, 2.75) is 44.2 Å². The third-order valence-electron chi connectivity index (χ3n) is 6.21. The fraction of sp³-hybridized carbons (Fsp3) is 0.435. The number of piperidine rings is 1. The SMILES string of the molecule is Cc1cc(C)c(S(=O)(=O)N2CCOC23CCN(C(=O)c2ccccc2Cl)CC3)c(C)c1. The summed E-state index contributed by atoms with van der Waals surface area (Å²) in [6.07, 6.45) is 0.846. The second kappa shape index (κ2) is 8.20. The molecule has 0 saturated carbocycles. The Kier molecular flexibility index (Phi) is 5.89. The highest BCUT2D eigenvalue weighted by Crippen LogP contribution is 2.40. The Morgan fingerprint density at radius 3 is 2.26 bits per heavy atom. The molecule has 2 saturated heterocycles. The van der Waals surface area contributed by atoms with Crippen molar-refractivity contribution < 1.29 is 17.9 Å². The molecule has 0 bridgehead atoms. The molecule has 2 aromatic carbocycles. The molecule has 2 heterocycles.